The lowest BCUT2D eigenvalue weighted by Gasteiger charge is -2.18. The SMILES string of the molecule is CN[C@H]1CN(c2ccc3c(=O)c(C(=O)O)cn(-c4nccs4)c3n2)C[C@H]1OC.Cl. The van der Waals surface area contributed by atoms with Crippen LogP contribution in [0.2, 0.25) is 0 Å². The van der Waals surface area contributed by atoms with E-state index in [0.29, 0.717) is 29.7 Å². The van der Waals surface area contributed by atoms with Crippen LogP contribution in [0.1, 0.15) is 10.4 Å². The lowest BCUT2D eigenvalue weighted by Crippen LogP contribution is -2.37. The minimum atomic E-state index is -1.28. The van der Waals surface area contributed by atoms with Crippen molar-refractivity contribution >= 4 is 46.6 Å². The second kappa shape index (κ2) is 8.46. The Kier molecular flexibility index (Phi) is 6.18. The van der Waals surface area contributed by atoms with Crippen molar-refractivity contribution in [1.29, 1.82) is 0 Å². The minimum absolute atomic E-state index is 0. The Morgan fingerprint density at radius 2 is 2.17 bits per heavy atom. The Morgan fingerprint density at radius 3 is 2.76 bits per heavy atom. The number of ether oxygens (including phenoxy) is 1. The van der Waals surface area contributed by atoms with Crippen LogP contribution >= 0.6 is 23.7 Å². The maximum absolute atomic E-state index is 12.6. The predicted molar refractivity (Wildman–Crippen MR) is 113 cm³/mol. The summed E-state index contributed by atoms with van der Waals surface area (Å²) in [5.74, 6) is -0.583. The zero-order chi connectivity index (χ0) is 19.8. The normalized spacial score (nSPS) is 18.8. The molecule has 2 N–H and O–H groups in total. The van der Waals surface area contributed by atoms with Crippen LogP contribution in [0.15, 0.2) is 34.7 Å². The number of hydrogen-bond donors (Lipinski definition) is 2. The molecule has 1 fully saturated rings. The number of aromatic nitrogens is 3. The van der Waals surface area contributed by atoms with Gasteiger partial charge in [0, 0.05) is 38.0 Å². The summed E-state index contributed by atoms with van der Waals surface area (Å²) in [5.41, 5.74) is -0.490. The van der Waals surface area contributed by atoms with Crippen LogP contribution in [0.5, 0.6) is 0 Å². The molecule has 0 unspecified atom stereocenters. The van der Waals surface area contributed by atoms with Gasteiger partial charge in [-0.25, -0.2) is 14.8 Å². The zero-order valence-electron chi connectivity index (χ0n) is 15.7. The Morgan fingerprint density at radius 1 is 1.38 bits per heavy atom. The largest absolute Gasteiger partial charge is 0.477 e. The van der Waals surface area contributed by atoms with Crippen molar-refractivity contribution in [2.45, 2.75) is 12.1 Å². The van der Waals surface area contributed by atoms with Gasteiger partial charge < -0.3 is 20.1 Å². The first-order valence-corrected chi connectivity index (χ1v) is 9.56. The number of hydrogen-bond acceptors (Lipinski definition) is 8. The first-order valence-electron chi connectivity index (χ1n) is 8.68. The number of likely N-dealkylation sites (N-methyl/N-ethyl adjacent to an activating group) is 1. The molecule has 1 aliphatic heterocycles. The van der Waals surface area contributed by atoms with E-state index in [1.165, 1.54) is 17.5 Å². The van der Waals surface area contributed by atoms with Crippen LogP contribution in [0.3, 0.4) is 0 Å². The van der Waals surface area contributed by atoms with Crippen molar-refractivity contribution in [3.8, 4) is 5.13 Å². The molecule has 0 radical (unpaired) electrons. The third-order valence-electron chi connectivity index (χ3n) is 4.96. The molecule has 0 amide bonds. The van der Waals surface area contributed by atoms with Crippen molar-refractivity contribution < 1.29 is 14.6 Å². The number of carboxylic acids is 1. The molecule has 4 rings (SSSR count). The molecule has 3 aromatic rings. The molecule has 9 nitrogen and oxygen atoms in total. The van der Waals surface area contributed by atoms with Gasteiger partial charge in [0.1, 0.15) is 11.4 Å². The number of carboxylic acid groups (broad SMARTS) is 1. The van der Waals surface area contributed by atoms with E-state index in [-0.39, 0.29) is 35.5 Å². The van der Waals surface area contributed by atoms with Gasteiger partial charge >= 0.3 is 5.97 Å². The topological polar surface area (TPSA) is 110 Å². The van der Waals surface area contributed by atoms with Gasteiger partial charge in [-0.1, -0.05) is 0 Å². The Balaban J connectivity index is 0.00000240. The number of anilines is 1. The molecule has 0 bridgehead atoms. The van der Waals surface area contributed by atoms with Gasteiger partial charge in [0.15, 0.2) is 10.8 Å². The number of thiazole rings is 1. The average Bonchev–Trinajstić information content (AvgIpc) is 3.37. The number of halogens is 1. The quantitative estimate of drug-likeness (QED) is 0.616. The molecule has 154 valence electrons. The highest BCUT2D eigenvalue weighted by atomic mass is 35.5. The molecule has 2 atom stereocenters. The highest BCUT2D eigenvalue weighted by molar-refractivity contribution is 7.12. The molecule has 1 aliphatic rings. The Labute approximate surface area is 176 Å². The summed E-state index contributed by atoms with van der Waals surface area (Å²) in [6, 6.07) is 3.54. The number of pyridine rings is 2. The number of carbonyl (C=O) groups is 1. The van der Waals surface area contributed by atoms with Gasteiger partial charge in [-0.3, -0.25) is 9.36 Å². The molecule has 0 aliphatic carbocycles. The van der Waals surface area contributed by atoms with Gasteiger partial charge in [0.05, 0.1) is 17.5 Å². The molecule has 3 aromatic heterocycles. The molecule has 11 heteroatoms. The van der Waals surface area contributed by atoms with E-state index in [9.17, 15) is 14.7 Å². The van der Waals surface area contributed by atoms with Crippen molar-refractivity contribution in [2.75, 3.05) is 32.1 Å². The number of aromatic carboxylic acids is 1. The first-order chi connectivity index (χ1) is 13.5. The Hall–Kier alpha value is -2.53. The molecule has 0 saturated carbocycles. The summed E-state index contributed by atoms with van der Waals surface area (Å²) in [6.45, 7) is 1.37. The van der Waals surface area contributed by atoms with Crippen molar-refractivity contribution in [2.24, 2.45) is 0 Å². The summed E-state index contributed by atoms with van der Waals surface area (Å²) in [7, 11) is 3.57. The standard InChI is InChI=1S/C18H19N5O4S.ClH/c1-19-12-8-22(9-13(12)27-2)14-4-3-10-15(24)11(17(25)26)7-23(16(10)21-14)18-20-5-6-28-18;/h3-7,12-13,19H,8-9H2,1-2H3,(H,25,26);1H/t12-,13+;/m0./s1. The summed E-state index contributed by atoms with van der Waals surface area (Å²) < 4.78 is 7.10. The monoisotopic (exact) mass is 437 g/mol. The van der Waals surface area contributed by atoms with Crippen LogP contribution in [-0.4, -0.2) is 65.0 Å². The first kappa shape index (κ1) is 21.2. The second-order valence-corrected chi connectivity index (χ2v) is 7.35. The van der Waals surface area contributed by atoms with Gasteiger partial charge in [0.2, 0.25) is 5.43 Å². The highest BCUT2D eigenvalue weighted by Gasteiger charge is 2.32. The fraction of sp³-hybridized carbons (Fsp3) is 0.333. The summed E-state index contributed by atoms with van der Waals surface area (Å²) >= 11 is 1.34. The van der Waals surface area contributed by atoms with E-state index in [1.807, 2.05) is 7.05 Å². The number of rotatable bonds is 5. The summed E-state index contributed by atoms with van der Waals surface area (Å²) in [5, 5.41) is 15.2. The van der Waals surface area contributed by atoms with Crippen molar-refractivity contribution in [3.05, 3.63) is 45.7 Å². The maximum atomic E-state index is 12.6. The highest BCUT2D eigenvalue weighted by Crippen LogP contribution is 2.24. The minimum Gasteiger partial charge on any atom is -0.477 e. The van der Waals surface area contributed by atoms with Crippen LogP contribution in [0, 0.1) is 0 Å². The lowest BCUT2D eigenvalue weighted by atomic mass is 10.2. The van der Waals surface area contributed by atoms with Gasteiger partial charge in [-0.05, 0) is 19.2 Å². The second-order valence-electron chi connectivity index (χ2n) is 6.48. The third-order valence-corrected chi connectivity index (χ3v) is 5.73. The van der Waals surface area contributed by atoms with Gasteiger partial charge in [-0.15, -0.1) is 23.7 Å². The molecule has 29 heavy (non-hydrogen) atoms. The smallest absolute Gasteiger partial charge is 0.341 e. The Bertz CT molecular complexity index is 1080. The van der Waals surface area contributed by atoms with Crippen LogP contribution in [0.25, 0.3) is 16.2 Å². The number of nitrogens with zero attached hydrogens (tertiary/aromatic N) is 4. The van der Waals surface area contributed by atoms with E-state index >= 15 is 0 Å². The molecule has 0 spiro atoms. The molecule has 0 aromatic carbocycles. The van der Waals surface area contributed by atoms with Gasteiger partial charge in [0.25, 0.3) is 0 Å². The molecular formula is C18H20ClN5O4S. The third kappa shape index (κ3) is 3.71. The number of fused-ring (bicyclic) bond motifs is 1. The van der Waals surface area contributed by atoms with E-state index in [1.54, 1.807) is 35.4 Å². The maximum Gasteiger partial charge on any atom is 0.341 e. The fourth-order valence-electron chi connectivity index (χ4n) is 3.48. The lowest BCUT2D eigenvalue weighted by molar-refractivity contribution is 0.0695. The van der Waals surface area contributed by atoms with E-state index in [4.69, 9.17) is 9.72 Å². The van der Waals surface area contributed by atoms with Crippen LogP contribution in [-0.2, 0) is 4.74 Å². The summed E-state index contributed by atoms with van der Waals surface area (Å²) in [4.78, 5) is 35.2. The van der Waals surface area contributed by atoms with Gasteiger partial charge in [-0.2, -0.15) is 0 Å². The van der Waals surface area contributed by atoms with E-state index < -0.39 is 11.4 Å². The number of nitrogens with one attached hydrogen (secondary N) is 1. The zero-order valence-corrected chi connectivity index (χ0v) is 17.4. The molecule has 4 heterocycles. The number of methoxy groups -OCH3 is 1. The van der Waals surface area contributed by atoms with Crippen molar-refractivity contribution in [3.63, 3.8) is 0 Å². The van der Waals surface area contributed by atoms with Crippen molar-refractivity contribution in [1.82, 2.24) is 19.9 Å². The van der Waals surface area contributed by atoms with E-state index in [2.05, 4.69) is 15.2 Å². The predicted octanol–water partition coefficient (Wildman–Crippen LogP) is 1.39. The molecule has 1 saturated heterocycles. The summed E-state index contributed by atoms with van der Waals surface area (Å²) in [6.07, 6.45) is 2.94. The van der Waals surface area contributed by atoms with Crippen LogP contribution < -0.4 is 15.6 Å². The van der Waals surface area contributed by atoms with Crippen LogP contribution in [0.4, 0.5) is 5.82 Å². The average molecular weight is 438 g/mol. The van der Waals surface area contributed by atoms with E-state index in [0.717, 1.165) is 0 Å². The molecular weight excluding hydrogens is 418 g/mol. The fourth-order valence-corrected chi connectivity index (χ4v) is 4.10.